The van der Waals surface area contributed by atoms with E-state index in [0.29, 0.717) is 0 Å². The van der Waals surface area contributed by atoms with Crippen molar-refractivity contribution in [1.29, 1.82) is 5.41 Å². The minimum Gasteiger partial charge on any atom is -0.302 e. The molecule has 0 aromatic rings. The summed E-state index contributed by atoms with van der Waals surface area (Å²) in [5.41, 5.74) is -2.07. The number of hydrogen-bond acceptors (Lipinski definition) is 5. The molecule has 90 valence electrons. The Morgan fingerprint density at radius 2 is 1.31 bits per heavy atom. The van der Waals surface area contributed by atoms with Crippen LogP contribution in [0.4, 0.5) is 0 Å². The molecule has 0 unspecified atom stereocenters. The van der Waals surface area contributed by atoms with Gasteiger partial charge in [-0.15, -0.1) is 0 Å². The highest BCUT2D eigenvalue weighted by Gasteiger charge is 2.31. The van der Waals surface area contributed by atoms with Gasteiger partial charge < -0.3 is 5.41 Å². The number of nitrogens with one attached hydrogen (secondary N) is 1. The Labute approximate surface area is 95.8 Å². The highest BCUT2D eigenvalue weighted by molar-refractivity contribution is 6.40. The molecule has 0 fully saturated rings. The van der Waals surface area contributed by atoms with Crippen LogP contribution >= 0.6 is 0 Å². The van der Waals surface area contributed by atoms with E-state index in [2.05, 4.69) is 10.2 Å². The maximum atomic E-state index is 11.6. The number of azo groups is 1. The summed E-state index contributed by atoms with van der Waals surface area (Å²) >= 11 is 0. The first-order valence-corrected chi connectivity index (χ1v) is 5.06. The summed E-state index contributed by atoms with van der Waals surface area (Å²) in [5, 5.41) is 15.0. The van der Waals surface area contributed by atoms with Gasteiger partial charge in [-0.05, 0) is 41.5 Å². The van der Waals surface area contributed by atoms with E-state index >= 15 is 0 Å². The van der Waals surface area contributed by atoms with Gasteiger partial charge in [-0.2, -0.15) is 10.2 Å². The molecule has 5 nitrogen and oxygen atoms in total. The summed E-state index contributed by atoms with van der Waals surface area (Å²) in [6, 6.07) is 0. The Hall–Kier alpha value is -1.39. The zero-order valence-electron chi connectivity index (χ0n) is 10.7. The molecule has 0 aliphatic heterocycles. The van der Waals surface area contributed by atoms with E-state index < -0.39 is 16.9 Å². The van der Waals surface area contributed by atoms with Crippen molar-refractivity contribution in [3.05, 3.63) is 0 Å². The van der Waals surface area contributed by atoms with Crippen LogP contribution in [0.25, 0.3) is 0 Å². The van der Waals surface area contributed by atoms with Gasteiger partial charge in [0, 0.05) is 0 Å². The minimum absolute atomic E-state index is 0.0652. The first kappa shape index (κ1) is 14.6. The molecule has 0 aliphatic carbocycles. The second-order valence-electron chi connectivity index (χ2n) is 4.83. The first-order valence-electron chi connectivity index (χ1n) is 5.06. The van der Waals surface area contributed by atoms with Crippen molar-refractivity contribution in [2.24, 2.45) is 10.2 Å². The lowest BCUT2D eigenvalue weighted by atomic mass is 9.97. The van der Waals surface area contributed by atoms with E-state index in [1.807, 2.05) is 0 Å². The lowest BCUT2D eigenvalue weighted by molar-refractivity contribution is -0.121. The van der Waals surface area contributed by atoms with Gasteiger partial charge in [0.05, 0.1) is 5.71 Å². The van der Waals surface area contributed by atoms with Crippen LogP contribution < -0.4 is 0 Å². The second-order valence-corrected chi connectivity index (χ2v) is 4.83. The van der Waals surface area contributed by atoms with Crippen LogP contribution in [-0.2, 0) is 9.59 Å². The Kier molecular flexibility index (Phi) is 4.23. The summed E-state index contributed by atoms with van der Waals surface area (Å²) in [5.74, 6) is -0.512. The lowest BCUT2D eigenvalue weighted by Crippen LogP contribution is -2.35. The average Bonchev–Trinajstić information content (AvgIpc) is 2.13. The van der Waals surface area contributed by atoms with E-state index in [1.165, 1.54) is 13.8 Å². The van der Waals surface area contributed by atoms with Gasteiger partial charge in [-0.1, -0.05) is 0 Å². The van der Waals surface area contributed by atoms with Gasteiger partial charge in [-0.25, -0.2) is 0 Å². The molecule has 0 heterocycles. The quantitative estimate of drug-likeness (QED) is 0.574. The normalized spacial score (nSPS) is 12.9. The second kappa shape index (κ2) is 4.63. The molecule has 0 amide bonds. The molecule has 0 saturated heterocycles. The molecule has 0 rings (SSSR count). The molecule has 0 saturated carbocycles. The van der Waals surface area contributed by atoms with Crippen molar-refractivity contribution in [2.45, 2.75) is 52.6 Å². The van der Waals surface area contributed by atoms with Crippen molar-refractivity contribution < 1.29 is 9.59 Å². The zero-order valence-corrected chi connectivity index (χ0v) is 10.7. The number of rotatable bonds is 5. The average molecular weight is 225 g/mol. The van der Waals surface area contributed by atoms with Gasteiger partial charge in [0.15, 0.2) is 5.78 Å². The molecule has 0 aromatic heterocycles. The third kappa shape index (κ3) is 3.64. The van der Waals surface area contributed by atoms with Gasteiger partial charge >= 0.3 is 0 Å². The smallest absolute Gasteiger partial charge is 0.204 e. The summed E-state index contributed by atoms with van der Waals surface area (Å²) in [6.45, 7) is 9.26. The summed E-state index contributed by atoms with van der Waals surface area (Å²) in [4.78, 5) is 22.8. The van der Waals surface area contributed by atoms with Crippen molar-refractivity contribution in [2.75, 3.05) is 0 Å². The first-order chi connectivity index (χ1) is 7.00. The lowest BCUT2D eigenvalue weighted by Gasteiger charge is -2.19. The summed E-state index contributed by atoms with van der Waals surface area (Å²) in [7, 11) is 0. The molecule has 0 atom stereocenters. The van der Waals surface area contributed by atoms with Gasteiger partial charge in [0.1, 0.15) is 11.1 Å². The van der Waals surface area contributed by atoms with Crippen LogP contribution in [-0.4, -0.2) is 28.4 Å². The van der Waals surface area contributed by atoms with Crippen molar-refractivity contribution in [3.8, 4) is 0 Å². The topological polar surface area (TPSA) is 82.7 Å². The minimum atomic E-state index is -1.08. The number of ketones is 2. The Morgan fingerprint density at radius 3 is 1.62 bits per heavy atom. The van der Waals surface area contributed by atoms with Crippen LogP contribution in [0.5, 0.6) is 0 Å². The SMILES string of the molecule is CC(=N)C(=O)C(C)(C)N=NC(C)(C)C(C)=O. The van der Waals surface area contributed by atoms with E-state index in [0.717, 1.165) is 0 Å². The number of nitrogens with zero attached hydrogens (tertiary/aromatic N) is 2. The van der Waals surface area contributed by atoms with Crippen molar-refractivity contribution in [1.82, 2.24) is 0 Å². The Morgan fingerprint density at radius 1 is 0.938 bits per heavy atom. The Balaban J connectivity index is 4.98. The van der Waals surface area contributed by atoms with E-state index in [4.69, 9.17) is 5.41 Å². The van der Waals surface area contributed by atoms with Gasteiger partial charge in [-0.3, -0.25) is 9.59 Å². The molecule has 0 radical (unpaired) electrons. The maximum absolute atomic E-state index is 11.6. The molecule has 0 aromatic carbocycles. The maximum Gasteiger partial charge on any atom is 0.204 e. The number of Topliss-reactive ketones (excluding diaryl/α,β-unsaturated/α-hetero) is 2. The Bertz CT molecular complexity index is 354. The molecule has 5 heteroatoms. The van der Waals surface area contributed by atoms with Gasteiger partial charge in [0.2, 0.25) is 5.78 Å². The highest BCUT2D eigenvalue weighted by atomic mass is 16.1. The van der Waals surface area contributed by atoms with E-state index in [1.54, 1.807) is 27.7 Å². The fourth-order valence-corrected chi connectivity index (χ4v) is 0.825. The molecule has 16 heavy (non-hydrogen) atoms. The van der Waals surface area contributed by atoms with Crippen LogP contribution in [0.2, 0.25) is 0 Å². The molecular weight excluding hydrogens is 206 g/mol. The number of hydrogen-bond donors (Lipinski definition) is 1. The number of carbonyl (C=O) groups is 2. The predicted octanol–water partition coefficient (Wildman–Crippen LogP) is 2.19. The molecular formula is C11H19N3O2. The van der Waals surface area contributed by atoms with Crippen molar-refractivity contribution in [3.63, 3.8) is 0 Å². The van der Waals surface area contributed by atoms with Gasteiger partial charge in [0.25, 0.3) is 0 Å². The predicted molar refractivity (Wildman–Crippen MR) is 62.1 cm³/mol. The van der Waals surface area contributed by atoms with Crippen LogP contribution in [0.15, 0.2) is 10.2 Å². The summed E-state index contributed by atoms with van der Waals surface area (Å²) in [6.07, 6.45) is 0. The van der Waals surface area contributed by atoms with E-state index in [9.17, 15) is 9.59 Å². The standard InChI is InChI=1S/C11H19N3O2/c1-7(12)9(16)11(5,6)14-13-10(3,4)8(2)15/h12H,1-6H3. The fourth-order valence-electron chi connectivity index (χ4n) is 0.825. The van der Waals surface area contributed by atoms with E-state index in [-0.39, 0.29) is 11.5 Å². The van der Waals surface area contributed by atoms with Crippen LogP contribution in [0.3, 0.4) is 0 Å². The largest absolute Gasteiger partial charge is 0.302 e. The van der Waals surface area contributed by atoms with Crippen molar-refractivity contribution >= 4 is 17.3 Å². The third-order valence-electron chi connectivity index (χ3n) is 2.31. The zero-order chi connectivity index (χ0) is 13.1. The monoisotopic (exact) mass is 225 g/mol. The van der Waals surface area contributed by atoms with Crippen LogP contribution in [0.1, 0.15) is 41.5 Å². The molecule has 0 spiro atoms. The van der Waals surface area contributed by atoms with Crippen LogP contribution in [0, 0.1) is 5.41 Å². The molecule has 0 bridgehead atoms. The number of carbonyl (C=O) groups excluding carboxylic acids is 2. The highest BCUT2D eigenvalue weighted by Crippen LogP contribution is 2.17. The molecule has 0 aliphatic rings. The third-order valence-corrected chi connectivity index (χ3v) is 2.31. The fraction of sp³-hybridized carbons (Fsp3) is 0.727. The molecule has 1 N–H and O–H groups in total. The summed E-state index contributed by atoms with van der Waals surface area (Å²) < 4.78 is 0.